The van der Waals surface area contributed by atoms with Gasteiger partial charge in [-0.25, -0.2) is 0 Å². The van der Waals surface area contributed by atoms with Gasteiger partial charge in [-0.15, -0.1) is 0 Å². The number of amides is 1. The van der Waals surface area contributed by atoms with E-state index in [-0.39, 0.29) is 11.4 Å². The highest BCUT2D eigenvalue weighted by atomic mass is 35.5. The lowest BCUT2D eigenvalue weighted by molar-refractivity contribution is -0.114. The van der Waals surface area contributed by atoms with Crippen molar-refractivity contribution in [2.75, 3.05) is 0 Å². The molecule has 0 aliphatic carbocycles. The van der Waals surface area contributed by atoms with Gasteiger partial charge in [0.2, 0.25) is 5.17 Å². The van der Waals surface area contributed by atoms with Crippen LogP contribution in [-0.4, -0.2) is 27.0 Å². The van der Waals surface area contributed by atoms with E-state index in [1.165, 1.54) is 22.8 Å². The Hall–Kier alpha value is -2.64. The SMILES string of the molecule is CCC1=NN2C(=N)/C(=C/c3ccc(-c4cccc(Cl)c4)o3)C(=O)N=C2S1. The lowest BCUT2D eigenvalue weighted by Crippen LogP contribution is -2.35. The lowest BCUT2D eigenvalue weighted by Gasteiger charge is -2.19. The Kier molecular flexibility index (Phi) is 4.26. The highest BCUT2D eigenvalue weighted by molar-refractivity contribution is 8.26. The van der Waals surface area contributed by atoms with E-state index in [9.17, 15) is 4.79 Å². The van der Waals surface area contributed by atoms with Gasteiger partial charge in [-0.3, -0.25) is 10.2 Å². The zero-order valence-corrected chi connectivity index (χ0v) is 15.3. The fourth-order valence-corrected chi connectivity index (χ4v) is 3.56. The van der Waals surface area contributed by atoms with Crippen LogP contribution < -0.4 is 0 Å². The summed E-state index contributed by atoms with van der Waals surface area (Å²) in [7, 11) is 0. The Balaban J connectivity index is 1.66. The first-order valence-corrected chi connectivity index (χ1v) is 9.09. The van der Waals surface area contributed by atoms with Crippen molar-refractivity contribution in [1.82, 2.24) is 5.01 Å². The maximum absolute atomic E-state index is 12.3. The Morgan fingerprint density at radius 3 is 2.96 bits per heavy atom. The van der Waals surface area contributed by atoms with Crippen LogP contribution in [0.1, 0.15) is 19.1 Å². The molecule has 2 aliphatic rings. The van der Waals surface area contributed by atoms with Crippen molar-refractivity contribution >= 4 is 51.4 Å². The molecule has 0 atom stereocenters. The molecule has 26 heavy (non-hydrogen) atoms. The van der Waals surface area contributed by atoms with Crippen molar-refractivity contribution in [3.63, 3.8) is 0 Å². The third kappa shape index (κ3) is 3.00. The van der Waals surface area contributed by atoms with E-state index in [0.717, 1.165) is 17.0 Å². The summed E-state index contributed by atoms with van der Waals surface area (Å²) in [5, 5.41) is 15.9. The van der Waals surface area contributed by atoms with Crippen molar-refractivity contribution in [3.05, 3.63) is 52.8 Å². The Bertz CT molecular complexity index is 1020. The molecule has 1 N–H and O–H groups in total. The molecule has 0 unspecified atom stereocenters. The largest absolute Gasteiger partial charge is 0.457 e. The molecule has 0 spiro atoms. The number of furan rings is 1. The number of carbonyl (C=O) groups is 1. The van der Waals surface area contributed by atoms with E-state index in [2.05, 4.69) is 10.1 Å². The minimum absolute atomic E-state index is 0.00310. The van der Waals surface area contributed by atoms with Gasteiger partial charge in [0.05, 0.1) is 5.57 Å². The molecule has 1 amide bonds. The molecule has 0 radical (unpaired) electrons. The topological polar surface area (TPSA) is 82.0 Å². The molecule has 6 nitrogen and oxygen atoms in total. The fourth-order valence-electron chi connectivity index (χ4n) is 2.54. The van der Waals surface area contributed by atoms with E-state index in [1.807, 2.05) is 19.1 Å². The number of carbonyl (C=O) groups excluding carboxylic acids is 1. The number of hydrazone groups is 1. The number of halogens is 1. The van der Waals surface area contributed by atoms with Gasteiger partial charge in [-0.2, -0.15) is 15.1 Å². The van der Waals surface area contributed by atoms with Crippen LogP contribution in [0.4, 0.5) is 0 Å². The van der Waals surface area contributed by atoms with Crippen LogP contribution in [-0.2, 0) is 4.79 Å². The summed E-state index contributed by atoms with van der Waals surface area (Å²) >= 11 is 7.32. The smallest absolute Gasteiger partial charge is 0.283 e. The third-order valence-corrected chi connectivity index (χ3v) is 5.11. The van der Waals surface area contributed by atoms with Gasteiger partial charge in [0, 0.05) is 10.6 Å². The standard InChI is InChI=1S/C18H13ClN4O2S/c1-2-15-22-23-16(20)13(17(24)21-18(23)26-15)9-12-6-7-14(25-12)10-4-3-5-11(19)8-10/h3-9,20H,2H2,1H3/b13-9-,20-16?. The number of nitrogens with zero attached hydrogens (tertiary/aromatic N) is 3. The number of hydrogen-bond acceptors (Lipinski definition) is 5. The second kappa shape index (κ2) is 6.59. The van der Waals surface area contributed by atoms with Crippen molar-refractivity contribution in [1.29, 1.82) is 5.41 Å². The predicted octanol–water partition coefficient (Wildman–Crippen LogP) is 4.63. The zero-order chi connectivity index (χ0) is 18.3. The van der Waals surface area contributed by atoms with Gasteiger partial charge in [-0.1, -0.05) is 30.7 Å². The normalized spacial score (nSPS) is 18.2. The van der Waals surface area contributed by atoms with Crippen LogP contribution in [0.25, 0.3) is 17.4 Å². The van der Waals surface area contributed by atoms with Gasteiger partial charge in [-0.05, 0) is 48.5 Å². The van der Waals surface area contributed by atoms with Crippen molar-refractivity contribution in [2.45, 2.75) is 13.3 Å². The van der Waals surface area contributed by atoms with E-state index in [4.69, 9.17) is 21.4 Å². The highest BCUT2D eigenvalue weighted by Crippen LogP contribution is 2.30. The van der Waals surface area contributed by atoms with Crippen LogP contribution in [0.3, 0.4) is 0 Å². The molecule has 0 saturated carbocycles. The average molecular weight is 385 g/mol. The summed E-state index contributed by atoms with van der Waals surface area (Å²) in [6.07, 6.45) is 2.24. The number of rotatable bonds is 3. The maximum Gasteiger partial charge on any atom is 0.283 e. The molecule has 2 aliphatic heterocycles. The van der Waals surface area contributed by atoms with E-state index in [1.54, 1.807) is 24.3 Å². The van der Waals surface area contributed by atoms with E-state index in [0.29, 0.717) is 21.7 Å². The molecule has 0 saturated heterocycles. The number of aliphatic imine (C=N–C) groups is 1. The maximum atomic E-state index is 12.3. The predicted molar refractivity (Wildman–Crippen MR) is 104 cm³/mol. The van der Waals surface area contributed by atoms with Gasteiger partial charge < -0.3 is 4.42 Å². The first kappa shape index (κ1) is 16.8. The summed E-state index contributed by atoms with van der Waals surface area (Å²) in [4.78, 5) is 16.4. The van der Waals surface area contributed by atoms with Crippen molar-refractivity contribution in [2.24, 2.45) is 10.1 Å². The van der Waals surface area contributed by atoms with E-state index < -0.39 is 5.91 Å². The zero-order valence-electron chi connectivity index (χ0n) is 13.7. The number of nitrogens with one attached hydrogen (secondary N) is 1. The molecular weight excluding hydrogens is 372 g/mol. The van der Waals surface area contributed by atoms with Crippen LogP contribution in [0, 0.1) is 5.41 Å². The Morgan fingerprint density at radius 1 is 1.35 bits per heavy atom. The molecule has 130 valence electrons. The monoisotopic (exact) mass is 384 g/mol. The van der Waals surface area contributed by atoms with Crippen molar-refractivity contribution < 1.29 is 9.21 Å². The average Bonchev–Trinajstić information content (AvgIpc) is 3.25. The third-order valence-electron chi connectivity index (χ3n) is 3.82. The lowest BCUT2D eigenvalue weighted by atomic mass is 10.1. The molecule has 1 aromatic carbocycles. The first-order valence-electron chi connectivity index (χ1n) is 7.90. The summed E-state index contributed by atoms with van der Waals surface area (Å²) in [6.45, 7) is 1.97. The highest BCUT2D eigenvalue weighted by Gasteiger charge is 2.35. The quantitative estimate of drug-likeness (QED) is 0.782. The summed E-state index contributed by atoms with van der Waals surface area (Å²) < 4.78 is 5.79. The minimum atomic E-state index is -0.470. The number of amidine groups is 2. The van der Waals surface area contributed by atoms with E-state index >= 15 is 0 Å². The van der Waals surface area contributed by atoms with Gasteiger partial charge in [0.1, 0.15) is 16.6 Å². The van der Waals surface area contributed by atoms with Gasteiger partial charge in [0.15, 0.2) is 5.84 Å². The fraction of sp³-hybridized carbons (Fsp3) is 0.111. The number of hydrogen-bond donors (Lipinski definition) is 1. The molecule has 1 aromatic heterocycles. The molecule has 4 rings (SSSR count). The summed E-state index contributed by atoms with van der Waals surface area (Å²) in [6, 6.07) is 10.8. The second-order valence-corrected chi connectivity index (χ2v) is 7.06. The molecule has 0 fully saturated rings. The molecule has 2 aromatic rings. The molecule has 8 heteroatoms. The van der Waals surface area contributed by atoms with Gasteiger partial charge >= 0.3 is 0 Å². The number of thioether (sulfide) groups is 1. The molecule has 0 bridgehead atoms. The Labute approximate surface area is 158 Å². The van der Waals surface area contributed by atoms with Gasteiger partial charge in [0.25, 0.3) is 5.91 Å². The summed E-state index contributed by atoms with van der Waals surface area (Å²) in [5.74, 6) is 0.610. The van der Waals surface area contributed by atoms with Crippen LogP contribution in [0.2, 0.25) is 5.02 Å². The second-order valence-electron chi connectivity index (χ2n) is 5.58. The Morgan fingerprint density at radius 2 is 2.19 bits per heavy atom. The number of fused-ring (bicyclic) bond motifs is 1. The minimum Gasteiger partial charge on any atom is -0.457 e. The van der Waals surface area contributed by atoms with Crippen LogP contribution >= 0.6 is 23.4 Å². The summed E-state index contributed by atoms with van der Waals surface area (Å²) in [5.41, 5.74) is 0.975. The molecular formula is C18H13ClN4O2S. The van der Waals surface area contributed by atoms with Crippen LogP contribution in [0.15, 0.2) is 56.5 Å². The first-order chi connectivity index (χ1) is 12.5. The molecule has 3 heterocycles. The number of benzene rings is 1. The van der Waals surface area contributed by atoms with Crippen molar-refractivity contribution in [3.8, 4) is 11.3 Å². The van der Waals surface area contributed by atoms with Crippen LogP contribution in [0.5, 0.6) is 0 Å².